The number of H-pyrrole nitrogens is 1. The number of anilines is 3. The van der Waals surface area contributed by atoms with E-state index in [9.17, 15) is 4.79 Å². The minimum absolute atomic E-state index is 0.00480. The maximum absolute atomic E-state index is 11.0. The van der Waals surface area contributed by atoms with Gasteiger partial charge in [-0.1, -0.05) is 18.2 Å². The summed E-state index contributed by atoms with van der Waals surface area (Å²) >= 11 is 0. The van der Waals surface area contributed by atoms with Crippen molar-refractivity contribution in [1.29, 1.82) is 0 Å². The van der Waals surface area contributed by atoms with Gasteiger partial charge in [0.25, 0.3) is 0 Å². The number of hydrogen-bond donors (Lipinski definition) is 3. The third-order valence-corrected chi connectivity index (χ3v) is 6.07. The van der Waals surface area contributed by atoms with Crippen molar-refractivity contribution in [2.24, 2.45) is 0 Å². The van der Waals surface area contributed by atoms with Gasteiger partial charge in [0, 0.05) is 17.4 Å². The molecule has 2 aromatic heterocycles. The number of benzene rings is 2. The number of ether oxygens (including phenoxy) is 2. The van der Waals surface area contributed by atoms with Crippen LogP contribution in [0, 0.1) is 0 Å². The minimum Gasteiger partial charge on any atom is -0.490 e. The Balaban J connectivity index is 1.27. The second-order valence-electron chi connectivity index (χ2n) is 8.77. The Morgan fingerprint density at radius 2 is 2.06 bits per heavy atom. The molecule has 9 heteroatoms. The summed E-state index contributed by atoms with van der Waals surface area (Å²) in [5, 5.41) is 13.3. The second-order valence-corrected chi connectivity index (χ2v) is 8.77. The Morgan fingerprint density at radius 1 is 1.19 bits per heavy atom. The molecule has 1 aliphatic rings. The van der Waals surface area contributed by atoms with Gasteiger partial charge in [0.15, 0.2) is 17.3 Å². The first kappa shape index (κ1) is 23.5. The Labute approximate surface area is 209 Å². The Hall–Kier alpha value is -4.27. The zero-order valence-electron chi connectivity index (χ0n) is 20.1. The number of para-hydroxylation sites is 2. The van der Waals surface area contributed by atoms with Gasteiger partial charge in [-0.05, 0) is 55.7 Å². The van der Waals surface area contributed by atoms with Gasteiger partial charge < -0.3 is 29.8 Å². The number of carbonyl (C=O) groups is 1. The van der Waals surface area contributed by atoms with E-state index in [0.717, 1.165) is 59.0 Å². The molecule has 0 unspecified atom stereocenters. The molecule has 1 atom stereocenters. The van der Waals surface area contributed by atoms with Crippen LogP contribution in [0.25, 0.3) is 10.9 Å². The number of nitrogens with zero attached hydrogens (tertiary/aromatic N) is 3. The average Bonchev–Trinajstić information content (AvgIpc) is 3.27. The predicted molar refractivity (Wildman–Crippen MR) is 138 cm³/mol. The summed E-state index contributed by atoms with van der Waals surface area (Å²) < 4.78 is 12.0. The highest BCUT2D eigenvalue weighted by Crippen LogP contribution is 2.30. The predicted octanol–water partition coefficient (Wildman–Crippen LogP) is 4.78. The van der Waals surface area contributed by atoms with Crippen LogP contribution in [0.3, 0.4) is 0 Å². The van der Waals surface area contributed by atoms with Gasteiger partial charge in [0.2, 0.25) is 0 Å². The number of carboxylic acid groups (broad SMARTS) is 1. The van der Waals surface area contributed by atoms with Crippen molar-refractivity contribution in [2.75, 3.05) is 29.9 Å². The number of aromatic nitrogens is 3. The van der Waals surface area contributed by atoms with Crippen LogP contribution in [0.5, 0.6) is 11.5 Å². The van der Waals surface area contributed by atoms with Crippen molar-refractivity contribution in [1.82, 2.24) is 15.0 Å². The number of carboxylic acids is 1. The number of fused-ring (bicyclic) bond motifs is 1. The molecule has 3 heterocycles. The third-order valence-electron chi connectivity index (χ3n) is 6.07. The summed E-state index contributed by atoms with van der Waals surface area (Å²) in [4.78, 5) is 25.7. The summed E-state index contributed by atoms with van der Waals surface area (Å²) in [6, 6.07) is 15.3. The van der Waals surface area contributed by atoms with Crippen LogP contribution in [0.1, 0.15) is 25.3 Å². The molecule has 0 spiro atoms. The molecule has 186 valence electrons. The maximum atomic E-state index is 11.0. The molecular formula is C27H29N5O4. The zero-order valence-corrected chi connectivity index (χ0v) is 20.1. The van der Waals surface area contributed by atoms with Crippen molar-refractivity contribution in [3.63, 3.8) is 0 Å². The van der Waals surface area contributed by atoms with Crippen molar-refractivity contribution in [3.8, 4) is 11.5 Å². The first-order valence-electron chi connectivity index (χ1n) is 12.1. The minimum atomic E-state index is -0.848. The third kappa shape index (κ3) is 5.51. The molecule has 0 aliphatic carbocycles. The van der Waals surface area contributed by atoms with Crippen LogP contribution in [-0.4, -0.2) is 51.8 Å². The highest BCUT2D eigenvalue weighted by molar-refractivity contribution is 5.86. The zero-order chi connectivity index (χ0) is 24.9. The topological polar surface area (TPSA) is 113 Å². The summed E-state index contributed by atoms with van der Waals surface area (Å²) in [6.07, 6.45) is 5.41. The molecule has 36 heavy (non-hydrogen) atoms. The van der Waals surface area contributed by atoms with Crippen LogP contribution in [0.2, 0.25) is 0 Å². The van der Waals surface area contributed by atoms with Gasteiger partial charge in [0.1, 0.15) is 17.7 Å². The van der Waals surface area contributed by atoms with E-state index in [4.69, 9.17) is 19.6 Å². The van der Waals surface area contributed by atoms with Gasteiger partial charge in [-0.25, -0.2) is 4.98 Å². The highest BCUT2D eigenvalue weighted by Gasteiger charge is 2.24. The lowest BCUT2D eigenvalue weighted by molar-refractivity contribution is -0.136. The van der Waals surface area contributed by atoms with Gasteiger partial charge in [-0.3, -0.25) is 9.78 Å². The van der Waals surface area contributed by atoms with E-state index < -0.39 is 5.97 Å². The summed E-state index contributed by atoms with van der Waals surface area (Å²) in [5.74, 6) is 2.84. The first-order chi connectivity index (χ1) is 17.6. The molecule has 1 aliphatic heterocycles. The lowest BCUT2D eigenvalue weighted by atomic mass is 10.1. The molecule has 2 aromatic carbocycles. The number of hydrogen-bond acceptors (Lipinski definition) is 7. The van der Waals surface area contributed by atoms with Crippen LogP contribution in [0.15, 0.2) is 60.9 Å². The second kappa shape index (κ2) is 10.6. The standard InChI is InChI=1S/C27H29N5O4/c1-2-35-22-7-3-4-8-23(22)36-20-6-5-11-32(17-20)26-16-28-15-25(31-26)30-24-14-19-12-18(13-27(33)34)9-10-21(19)29-24/h3-4,7-10,12,14-16,20,29H,2,5-6,11,13,17H2,1H3,(H,30,31)(H,33,34)/t20-/m1/s1. The molecule has 5 rings (SSSR count). The van der Waals surface area contributed by atoms with E-state index in [-0.39, 0.29) is 12.5 Å². The van der Waals surface area contributed by atoms with Crippen LogP contribution in [-0.2, 0) is 11.2 Å². The highest BCUT2D eigenvalue weighted by atomic mass is 16.5. The van der Waals surface area contributed by atoms with Crippen molar-refractivity contribution in [3.05, 3.63) is 66.5 Å². The number of aliphatic carboxylic acids is 1. The normalized spacial score (nSPS) is 15.6. The Morgan fingerprint density at radius 3 is 2.89 bits per heavy atom. The average molecular weight is 488 g/mol. The molecule has 1 saturated heterocycles. The quantitative estimate of drug-likeness (QED) is 0.309. The fraction of sp³-hybridized carbons (Fsp3) is 0.296. The fourth-order valence-electron chi connectivity index (χ4n) is 4.48. The summed E-state index contributed by atoms with van der Waals surface area (Å²) in [5.41, 5.74) is 1.67. The van der Waals surface area contributed by atoms with Gasteiger partial charge in [-0.15, -0.1) is 0 Å². The van der Waals surface area contributed by atoms with Gasteiger partial charge in [-0.2, -0.15) is 0 Å². The van der Waals surface area contributed by atoms with Crippen molar-refractivity contribution >= 4 is 34.3 Å². The van der Waals surface area contributed by atoms with E-state index in [2.05, 4.69) is 20.2 Å². The molecule has 1 fully saturated rings. The number of aromatic amines is 1. The van der Waals surface area contributed by atoms with Crippen molar-refractivity contribution in [2.45, 2.75) is 32.3 Å². The molecule has 9 nitrogen and oxygen atoms in total. The van der Waals surface area contributed by atoms with Crippen LogP contribution in [0.4, 0.5) is 17.5 Å². The van der Waals surface area contributed by atoms with E-state index >= 15 is 0 Å². The SMILES string of the molecule is CCOc1ccccc1O[C@@H]1CCCN(c2cncc(Nc3cc4cc(CC(=O)O)ccc4[nH]3)n2)C1. The lowest BCUT2D eigenvalue weighted by Crippen LogP contribution is -2.41. The molecule has 3 N–H and O–H groups in total. The smallest absolute Gasteiger partial charge is 0.307 e. The fourth-order valence-corrected chi connectivity index (χ4v) is 4.48. The van der Waals surface area contributed by atoms with Gasteiger partial charge in [0.05, 0.1) is 32.0 Å². The molecule has 0 radical (unpaired) electrons. The van der Waals surface area contributed by atoms with E-state index in [1.165, 1.54) is 0 Å². The molecule has 0 bridgehead atoms. The van der Waals surface area contributed by atoms with E-state index in [1.54, 1.807) is 12.4 Å². The van der Waals surface area contributed by atoms with Crippen LogP contribution < -0.4 is 19.7 Å². The Kier molecular flexibility index (Phi) is 6.88. The lowest BCUT2D eigenvalue weighted by Gasteiger charge is -2.33. The molecule has 0 saturated carbocycles. The molecule has 0 amide bonds. The maximum Gasteiger partial charge on any atom is 0.307 e. The molecule has 4 aromatic rings. The largest absolute Gasteiger partial charge is 0.490 e. The summed E-state index contributed by atoms with van der Waals surface area (Å²) in [6.45, 7) is 4.14. The van der Waals surface area contributed by atoms with Gasteiger partial charge >= 0.3 is 5.97 Å². The first-order valence-corrected chi connectivity index (χ1v) is 12.1. The van der Waals surface area contributed by atoms with Crippen molar-refractivity contribution < 1.29 is 19.4 Å². The summed E-state index contributed by atoms with van der Waals surface area (Å²) in [7, 11) is 0. The number of piperidine rings is 1. The molecular weight excluding hydrogens is 458 g/mol. The Bertz CT molecular complexity index is 1360. The van der Waals surface area contributed by atoms with Crippen LogP contribution >= 0.6 is 0 Å². The number of nitrogens with one attached hydrogen (secondary N) is 2. The number of rotatable bonds is 9. The van der Waals surface area contributed by atoms with E-state index in [0.29, 0.717) is 19.0 Å². The monoisotopic (exact) mass is 487 g/mol. The van der Waals surface area contributed by atoms with E-state index in [1.807, 2.05) is 55.5 Å².